The summed E-state index contributed by atoms with van der Waals surface area (Å²) in [6, 6.07) is 3.39. The van der Waals surface area contributed by atoms with Gasteiger partial charge in [-0.25, -0.2) is 4.98 Å². The number of rotatable bonds is 7. The third-order valence-electron chi connectivity index (χ3n) is 6.53. The zero-order valence-corrected chi connectivity index (χ0v) is 21.4. The Morgan fingerprint density at radius 2 is 2.03 bits per heavy atom. The molecular weight excluding hydrogens is 490 g/mol. The number of anilines is 1. The van der Waals surface area contributed by atoms with Crippen molar-refractivity contribution in [3.05, 3.63) is 45.9 Å². The summed E-state index contributed by atoms with van der Waals surface area (Å²) in [5.74, 6) is -1.09. The number of nitrogens with one attached hydrogen (secondary N) is 1. The van der Waals surface area contributed by atoms with Gasteiger partial charge >= 0.3 is 0 Å². The molecule has 0 atom stereocenters. The predicted octanol–water partition coefficient (Wildman–Crippen LogP) is 1.27. The minimum Gasteiger partial charge on any atom is -0.494 e. The summed E-state index contributed by atoms with van der Waals surface area (Å²) >= 11 is 0. The number of aromatic nitrogens is 4. The molecule has 12 heteroatoms. The van der Waals surface area contributed by atoms with Crippen LogP contribution in [0.15, 0.2) is 29.2 Å². The molecule has 4 N–H and O–H groups in total. The second kappa shape index (κ2) is 10.3. The Morgan fingerprint density at radius 1 is 1.29 bits per heavy atom. The topological polar surface area (TPSA) is 157 Å². The van der Waals surface area contributed by atoms with E-state index in [1.54, 1.807) is 23.1 Å². The Bertz CT molecular complexity index is 1480. The van der Waals surface area contributed by atoms with Crippen molar-refractivity contribution in [2.45, 2.75) is 39.3 Å². The monoisotopic (exact) mass is 521 g/mol. The van der Waals surface area contributed by atoms with Gasteiger partial charge in [0.2, 0.25) is 11.8 Å². The highest BCUT2D eigenvalue weighted by molar-refractivity contribution is 5.98. The van der Waals surface area contributed by atoms with E-state index in [9.17, 15) is 19.5 Å². The number of amides is 2. The average Bonchev–Trinajstić information content (AvgIpc) is 3.63. The van der Waals surface area contributed by atoms with E-state index in [4.69, 9.17) is 10.5 Å². The molecule has 1 saturated heterocycles. The van der Waals surface area contributed by atoms with Gasteiger partial charge < -0.3 is 25.8 Å². The lowest BCUT2D eigenvalue weighted by atomic mass is 10.1. The van der Waals surface area contributed by atoms with Crippen molar-refractivity contribution >= 4 is 29.4 Å². The van der Waals surface area contributed by atoms with E-state index in [-0.39, 0.29) is 41.4 Å². The van der Waals surface area contributed by atoms with Gasteiger partial charge in [0.05, 0.1) is 13.2 Å². The van der Waals surface area contributed by atoms with Crippen LogP contribution in [0.4, 0.5) is 5.82 Å². The molecule has 5 rings (SSSR count). The Labute approximate surface area is 218 Å². The summed E-state index contributed by atoms with van der Waals surface area (Å²) in [6.07, 6.45) is 6.17. The maximum Gasteiger partial charge on any atom is 0.291 e. The number of nitrogens with zero attached hydrogens (tertiary/aromatic N) is 5. The molecule has 1 aliphatic heterocycles. The van der Waals surface area contributed by atoms with E-state index in [1.807, 2.05) is 13.8 Å². The van der Waals surface area contributed by atoms with Crippen molar-refractivity contribution in [1.82, 2.24) is 29.4 Å². The number of hydrogen-bond acceptors (Lipinski definition) is 8. The fourth-order valence-electron chi connectivity index (χ4n) is 4.50. The van der Waals surface area contributed by atoms with Crippen LogP contribution >= 0.6 is 0 Å². The molecule has 1 saturated carbocycles. The summed E-state index contributed by atoms with van der Waals surface area (Å²) in [7, 11) is 0. The molecule has 3 aromatic rings. The second-order valence-electron chi connectivity index (χ2n) is 9.96. The zero-order chi connectivity index (χ0) is 27.0. The third kappa shape index (κ3) is 4.86. The van der Waals surface area contributed by atoms with Crippen LogP contribution in [0.3, 0.4) is 0 Å². The van der Waals surface area contributed by atoms with Crippen LogP contribution in [-0.4, -0.2) is 73.3 Å². The first-order valence-electron chi connectivity index (χ1n) is 12.7. The molecule has 2 amide bonds. The minimum atomic E-state index is -0.765. The lowest BCUT2D eigenvalue weighted by Crippen LogP contribution is -2.39. The van der Waals surface area contributed by atoms with E-state index >= 15 is 0 Å². The molecule has 200 valence electrons. The first kappa shape index (κ1) is 25.5. The van der Waals surface area contributed by atoms with Crippen molar-refractivity contribution in [3.8, 4) is 17.1 Å². The zero-order valence-electron chi connectivity index (χ0n) is 21.4. The van der Waals surface area contributed by atoms with Crippen LogP contribution in [0.25, 0.3) is 23.0 Å². The van der Waals surface area contributed by atoms with Crippen LogP contribution in [0.1, 0.15) is 42.6 Å². The van der Waals surface area contributed by atoms with Crippen LogP contribution < -0.4 is 16.6 Å². The highest BCUT2D eigenvalue weighted by atomic mass is 16.5. The van der Waals surface area contributed by atoms with Crippen molar-refractivity contribution in [2.24, 2.45) is 5.92 Å². The van der Waals surface area contributed by atoms with Crippen LogP contribution in [0.2, 0.25) is 0 Å². The fraction of sp³-hybridized carbons (Fsp3) is 0.423. The first-order valence-corrected chi connectivity index (χ1v) is 12.7. The Hall–Kier alpha value is -4.19. The van der Waals surface area contributed by atoms with Gasteiger partial charge in [-0.1, -0.05) is 13.8 Å². The van der Waals surface area contributed by atoms with Crippen LogP contribution in [0, 0.1) is 5.92 Å². The number of ether oxygens (including phenoxy) is 1. The summed E-state index contributed by atoms with van der Waals surface area (Å²) < 4.78 is 7.93. The largest absolute Gasteiger partial charge is 0.494 e. The minimum absolute atomic E-state index is 0.0105. The third-order valence-corrected chi connectivity index (χ3v) is 6.53. The number of nitrogen functional groups attached to an aromatic ring is 1. The number of pyridine rings is 1. The SMILES string of the molecule is CC(C)Cn1c(O)c(C(=O)NC2CC2)c(=O)n2nc(-c3cccnc3N)c(/C=C/C(=O)N3CCOCC3)c12. The summed E-state index contributed by atoms with van der Waals surface area (Å²) in [5, 5.41) is 18.6. The molecule has 38 heavy (non-hydrogen) atoms. The predicted molar refractivity (Wildman–Crippen MR) is 141 cm³/mol. The lowest BCUT2D eigenvalue weighted by molar-refractivity contribution is -0.129. The van der Waals surface area contributed by atoms with Gasteiger partial charge in [-0.3, -0.25) is 19.0 Å². The molecule has 2 aliphatic rings. The van der Waals surface area contributed by atoms with Crippen molar-refractivity contribution in [2.75, 3.05) is 32.0 Å². The van der Waals surface area contributed by atoms with Gasteiger partial charge in [-0.15, -0.1) is 0 Å². The smallest absolute Gasteiger partial charge is 0.291 e. The summed E-state index contributed by atoms with van der Waals surface area (Å²) in [6.45, 7) is 6.04. The molecule has 0 unspecified atom stereocenters. The number of aromatic hydroxyl groups is 1. The van der Waals surface area contributed by atoms with Crippen molar-refractivity contribution < 1.29 is 19.4 Å². The molecule has 0 bridgehead atoms. The number of carbonyl (C=O) groups is 2. The quantitative estimate of drug-likeness (QED) is 0.392. The summed E-state index contributed by atoms with van der Waals surface area (Å²) in [4.78, 5) is 45.4. The highest BCUT2D eigenvalue weighted by Crippen LogP contribution is 2.32. The highest BCUT2D eigenvalue weighted by Gasteiger charge is 2.31. The number of morpholine rings is 1. The van der Waals surface area contributed by atoms with E-state index in [0.29, 0.717) is 43.1 Å². The average molecular weight is 522 g/mol. The van der Waals surface area contributed by atoms with E-state index < -0.39 is 17.3 Å². The van der Waals surface area contributed by atoms with Gasteiger partial charge in [0.25, 0.3) is 11.5 Å². The molecule has 0 spiro atoms. The van der Waals surface area contributed by atoms with Crippen molar-refractivity contribution in [1.29, 1.82) is 0 Å². The first-order chi connectivity index (χ1) is 18.3. The van der Waals surface area contributed by atoms with E-state index in [1.165, 1.54) is 16.8 Å². The van der Waals surface area contributed by atoms with Gasteiger partial charge in [0.1, 0.15) is 11.5 Å². The Morgan fingerprint density at radius 3 is 2.68 bits per heavy atom. The van der Waals surface area contributed by atoms with Gasteiger partial charge in [0.15, 0.2) is 11.2 Å². The number of fused-ring (bicyclic) bond motifs is 1. The maximum atomic E-state index is 13.6. The second-order valence-corrected chi connectivity index (χ2v) is 9.96. The van der Waals surface area contributed by atoms with Crippen LogP contribution in [-0.2, 0) is 16.1 Å². The molecular formula is C26H31N7O5. The van der Waals surface area contributed by atoms with Gasteiger partial charge in [0, 0.05) is 49.1 Å². The molecule has 4 heterocycles. The van der Waals surface area contributed by atoms with E-state index in [0.717, 1.165) is 17.4 Å². The maximum absolute atomic E-state index is 13.6. The molecule has 3 aromatic heterocycles. The molecule has 1 aliphatic carbocycles. The number of nitrogens with two attached hydrogens (primary N) is 1. The Balaban J connectivity index is 1.74. The normalized spacial score (nSPS) is 16.0. The number of hydrogen-bond donors (Lipinski definition) is 3. The fourth-order valence-corrected chi connectivity index (χ4v) is 4.50. The van der Waals surface area contributed by atoms with Crippen LogP contribution in [0.5, 0.6) is 5.88 Å². The number of carbonyl (C=O) groups excluding carboxylic acids is 2. The van der Waals surface area contributed by atoms with Crippen molar-refractivity contribution in [3.63, 3.8) is 0 Å². The van der Waals surface area contributed by atoms with Gasteiger partial charge in [-0.2, -0.15) is 9.61 Å². The molecule has 12 nitrogen and oxygen atoms in total. The van der Waals surface area contributed by atoms with Gasteiger partial charge in [-0.05, 0) is 37.0 Å². The molecule has 2 fully saturated rings. The standard InChI is InChI=1S/C26H31N7O5/c1-15(2)14-32-24-18(7-8-19(34)31-10-12-38-13-11-31)21(17-4-3-9-28-22(17)27)30-33(24)26(37)20(25(32)36)23(35)29-16-5-6-16/h3-4,7-9,15-16,36H,5-6,10-14H2,1-2H3,(H2,27,28)(H,29,35)/b8-7+. The molecule has 0 aromatic carbocycles. The summed E-state index contributed by atoms with van der Waals surface area (Å²) in [5.41, 5.74) is 6.42. The lowest BCUT2D eigenvalue weighted by Gasteiger charge is -2.25. The molecule has 0 radical (unpaired) electrons. The Kier molecular flexibility index (Phi) is 6.89. The van der Waals surface area contributed by atoms with E-state index in [2.05, 4.69) is 15.4 Å².